The summed E-state index contributed by atoms with van der Waals surface area (Å²) in [7, 11) is 0. The Bertz CT molecular complexity index is 937. The minimum absolute atomic E-state index is 0.199. The van der Waals surface area contributed by atoms with Gasteiger partial charge in [-0.2, -0.15) is 5.10 Å². The number of hydrogen-bond donors (Lipinski definition) is 0. The molecule has 27 heavy (non-hydrogen) atoms. The number of thiophene rings is 1. The first-order valence-electron chi connectivity index (χ1n) is 9.84. The van der Waals surface area contributed by atoms with E-state index in [0.717, 1.165) is 53.1 Å². The maximum atomic E-state index is 13.2. The van der Waals surface area contributed by atoms with Crippen LogP contribution in [0.2, 0.25) is 0 Å². The van der Waals surface area contributed by atoms with Gasteiger partial charge >= 0.3 is 0 Å². The summed E-state index contributed by atoms with van der Waals surface area (Å²) >= 11 is 1.59. The summed E-state index contributed by atoms with van der Waals surface area (Å²) in [6.07, 6.45) is 3.36. The molecule has 4 nitrogen and oxygen atoms in total. The zero-order valence-electron chi connectivity index (χ0n) is 16.3. The van der Waals surface area contributed by atoms with Gasteiger partial charge in [-0.25, -0.2) is 0 Å². The fourth-order valence-electron chi connectivity index (χ4n) is 3.46. The van der Waals surface area contributed by atoms with Crippen molar-refractivity contribution in [3.63, 3.8) is 0 Å². The minimum atomic E-state index is 0.199. The van der Waals surface area contributed by atoms with Crippen molar-refractivity contribution in [2.45, 2.75) is 52.6 Å². The number of nitrogens with zero attached hydrogens (tertiary/aromatic N) is 3. The van der Waals surface area contributed by atoms with Gasteiger partial charge in [0.2, 0.25) is 0 Å². The van der Waals surface area contributed by atoms with E-state index in [0.29, 0.717) is 12.0 Å². The van der Waals surface area contributed by atoms with E-state index in [1.165, 1.54) is 5.56 Å². The Kier molecular flexibility index (Phi) is 5.04. The van der Waals surface area contributed by atoms with Crippen molar-refractivity contribution in [1.82, 2.24) is 14.7 Å². The molecular formula is C22H27N3OS. The van der Waals surface area contributed by atoms with Crippen LogP contribution in [-0.2, 0) is 6.54 Å². The Morgan fingerprint density at radius 1 is 1.30 bits per heavy atom. The molecule has 4 rings (SSSR count). The number of fused-ring (bicyclic) bond motifs is 1. The van der Waals surface area contributed by atoms with Crippen LogP contribution in [-0.4, -0.2) is 33.2 Å². The summed E-state index contributed by atoms with van der Waals surface area (Å²) in [5.41, 5.74) is 2.22. The normalized spacial score (nSPS) is 14.2. The highest BCUT2D eigenvalue weighted by Gasteiger charge is 2.33. The van der Waals surface area contributed by atoms with E-state index in [4.69, 9.17) is 5.10 Å². The fraction of sp³-hybridized carbons (Fsp3) is 0.455. The predicted molar refractivity (Wildman–Crippen MR) is 111 cm³/mol. The number of amides is 1. The van der Waals surface area contributed by atoms with E-state index in [9.17, 15) is 4.79 Å². The highest BCUT2D eigenvalue weighted by molar-refractivity contribution is 7.20. The van der Waals surface area contributed by atoms with Crippen LogP contribution < -0.4 is 0 Å². The third kappa shape index (κ3) is 3.93. The van der Waals surface area contributed by atoms with Crippen LogP contribution in [0.25, 0.3) is 10.2 Å². The lowest BCUT2D eigenvalue weighted by Gasteiger charge is -2.22. The quantitative estimate of drug-likeness (QED) is 0.571. The molecule has 0 spiro atoms. The lowest BCUT2D eigenvalue weighted by Crippen LogP contribution is -2.34. The topological polar surface area (TPSA) is 38.1 Å². The summed E-state index contributed by atoms with van der Waals surface area (Å²) in [4.78, 5) is 17.2. The molecule has 2 heterocycles. The summed E-state index contributed by atoms with van der Waals surface area (Å²) in [6, 6.07) is 12.9. The molecule has 1 aliphatic carbocycles. The molecule has 1 saturated carbocycles. The number of aromatic nitrogens is 2. The van der Waals surface area contributed by atoms with Gasteiger partial charge in [-0.1, -0.05) is 44.2 Å². The zero-order chi connectivity index (χ0) is 19.0. The molecule has 1 aromatic carbocycles. The second-order valence-electron chi connectivity index (χ2n) is 7.97. The van der Waals surface area contributed by atoms with Gasteiger partial charge in [-0.15, -0.1) is 11.3 Å². The highest BCUT2D eigenvalue weighted by atomic mass is 32.1. The Balaban J connectivity index is 1.61. The first-order valence-corrected chi connectivity index (χ1v) is 10.7. The molecule has 1 aliphatic rings. The van der Waals surface area contributed by atoms with Gasteiger partial charge in [0.15, 0.2) is 0 Å². The van der Waals surface area contributed by atoms with Crippen LogP contribution in [0.3, 0.4) is 0 Å². The van der Waals surface area contributed by atoms with Crippen molar-refractivity contribution in [2.75, 3.05) is 6.54 Å². The predicted octanol–water partition coefficient (Wildman–Crippen LogP) is 5.11. The standard InChI is InChI=1S/C22H27N3OS/c1-15(2)11-12-24(18-9-10-18)21(26)20-13-19-16(3)23-25(22(19)27-20)14-17-7-5-4-6-8-17/h4-8,13,15,18H,9-12,14H2,1-3H3. The summed E-state index contributed by atoms with van der Waals surface area (Å²) in [6.45, 7) is 8.07. The first kappa shape index (κ1) is 18.2. The van der Waals surface area contributed by atoms with Gasteiger partial charge in [0.25, 0.3) is 5.91 Å². The second kappa shape index (κ2) is 7.47. The van der Waals surface area contributed by atoms with Crippen molar-refractivity contribution in [2.24, 2.45) is 5.92 Å². The molecule has 0 radical (unpaired) electrons. The summed E-state index contributed by atoms with van der Waals surface area (Å²) in [5.74, 6) is 0.813. The smallest absolute Gasteiger partial charge is 0.264 e. The molecule has 142 valence electrons. The fourth-order valence-corrected chi connectivity index (χ4v) is 4.57. The van der Waals surface area contributed by atoms with Gasteiger partial charge < -0.3 is 4.90 Å². The number of aryl methyl sites for hydroxylation is 1. The van der Waals surface area contributed by atoms with Crippen molar-refractivity contribution in [1.29, 1.82) is 0 Å². The Hall–Kier alpha value is -2.14. The maximum Gasteiger partial charge on any atom is 0.264 e. The van der Waals surface area contributed by atoms with E-state index >= 15 is 0 Å². The van der Waals surface area contributed by atoms with Gasteiger partial charge in [0.1, 0.15) is 4.83 Å². The third-order valence-corrected chi connectivity index (χ3v) is 6.33. The van der Waals surface area contributed by atoms with Crippen LogP contribution >= 0.6 is 11.3 Å². The van der Waals surface area contributed by atoms with Crippen molar-refractivity contribution >= 4 is 27.5 Å². The number of rotatable bonds is 7. The van der Waals surface area contributed by atoms with Crippen LogP contribution in [0.5, 0.6) is 0 Å². The third-order valence-electron chi connectivity index (χ3n) is 5.19. The molecule has 0 bridgehead atoms. The lowest BCUT2D eigenvalue weighted by atomic mass is 10.1. The number of benzene rings is 1. The van der Waals surface area contributed by atoms with E-state index in [1.807, 2.05) is 17.7 Å². The van der Waals surface area contributed by atoms with E-state index in [-0.39, 0.29) is 5.91 Å². The minimum Gasteiger partial charge on any atom is -0.335 e. The molecule has 5 heteroatoms. The van der Waals surface area contributed by atoms with Crippen LogP contribution in [0.4, 0.5) is 0 Å². The van der Waals surface area contributed by atoms with Gasteiger partial charge in [-0.3, -0.25) is 9.48 Å². The van der Waals surface area contributed by atoms with Gasteiger partial charge in [-0.05, 0) is 43.7 Å². The SMILES string of the molecule is Cc1nn(Cc2ccccc2)c2sc(C(=O)N(CCC(C)C)C3CC3)cc12. The number of carbonyl (C=O) groups excluding carboxylic acids is 1. The average Bonchev–Trinajstić information content (AvgIpc) is 3.31. The van der Waals surface area contributed by atoms with Crippen molar-refractivity contribution in [3.05, 3.63) is 52.5 Å². The second-order valence-corrected chi connectivity index (χ2v) is 9.00. The monoisotopic (exact) mass is 381 g/mol. The zero-order valence-corrected chi connectivity index (χ0v) is 17.1. The van der Waals surface area contributed by atoms with E-state index < -0.39 is 0 Å². The van der Waals surface area contributed by atoms with Crippen LogP contribution in [0, 0.1) is 12.8 Å². The summed E-state index contributed by atoms with van der Waals surface area (Å²) < 4.78 is 2.04. The number of carbonyl (C=O) groups is 1. The maximum absolute atomic E-state index is 13.2. The van der Waals surface area contributed by atoms with Crippen LogP contribution in [0.15, 0.2) is 36.4 Å². The molecule has 0 atom stereocenters. The largest absolute Gasteiger partial charge is 0.335 e. The molecule has 0 aliphatic heterocycles. The van der Waals surface area contributed by atoms with E-state index in [2.05, 4.69) is 49.1 Å². The first-order chi connectivity index (χ1) is 13.0. The van der Waals surface area contributed by atoms with Gasteiger partial charge in [0, 0.05) is 18.0 Å². The van der Waals surface area contributed by atoms with Crippen LogP contribution in [0.1, 0.15) is 54.0 Å². The highest BCUT2D eigenvalue weighted by Crippen LogP contribution is 2.33. The molecule has 1 amide bonds. The Morgan fingerprint density at radius 2 is 2.04 bits per heavy atom. The molecule has 1 fully saturated rings. The number of hydrogen-bond acceptors (Lipinski definition) is 3. The molecule has 0 N–H and O–H groups in total. The average molecular weight is 382 g/mol. The lowest BCUT2D eigenvalue weighted by molar-refractivity contribution is 0.0740. The van der Waals surface area contributed by atoms with Crippen molar-refractivity contribution in [3.8, 4) is 0 Å². The van der Waals surface area contributed by atoms with Gasteiger partial charge in [0.05, 0.1) is 17.1 Å². The van der Waals surface area contributed by atoms with E-state index in [1.54, 1.807) is 11.3 Å². The molecular weight excluding hydrogens is 354 g/mol. The molecule has 2 aromatic heterocycles. The Morgan fingerprint density at radius 3 is 2.70 bits per heavy atom. The Labute approximate surface area is 164 Å². The molecule has 0 saturated heterocycles. The molecule has 0 unspecified atom stereocenters. The summed E-state index contributed by atoms with van der Waals surface area (Å²) in [5, 5.41) is 5.81. The molecule has 3 aromatic rings. The van der Waals surface area contributed by atoms with Crippen molar-refractivity contribution < 1.29 is 4.79 Å².